The third-order valence-electron chi connectivity index (χ3n) is 3.87. The number of quaternary nitrogens is 1. The van der Waals surface area contributed by atoms with Crippen LogP contribution in [0, 0.1) is 0 Å². The number of aromatic nitrogens is 3. The number of hydrogen-bond acceptors (Lipinski definition) is 2. The van der Waals surface area contributed by atoms with Gasteiger partial charge >= 0.3 is 0 Å². The van der Waals surface area contributed by atoms with Gasteiger partial charge < -0.3 is 28.5 Å². The van der Waals surface area contributed by atoms with Gasteiger partial charge in [-0.05, 0) is 32.9 Å². The van der Waals surface area contributed by atoms with E-state index >= 15 is 0 Å². The van der Waals surface area contributed by atoms with E-state index in [0.717, 1.165) is 41.8 Å². The molecule has 0 aliphatic carbocycles. The summed E-state index contributed by atoms with van der Waals surface area (Å²) >= 11 is 0. The van der Waals surface area contributed by atoms with Crippen molar-refractivity contribution in [3.63, 3.8) is 0 Å². The Balaban J connectivity index is 0.00000162. The van der Waals surface area contributed by atoms with Crippen molar-refractivity contribution in [1.82, 2.24) is 15.0 Å². The number of fused-ring (bicyclic) bond motifs is 1. The van der Waals surface area contributed by atoms with E-state index in [0.29, 0.717) is 0 Å². The summed E-state index contributed by atoms with van der Waals surface area (Å²) in [5.74, 6) is 0. The van der Waals surface area contributed by atoms with Crippen LogP contribution < -0.4 is 24.0 Å². The average Bonchev–Trinajstić information content (AvgIpc) is 2.79. The Hall–Kier alpha value is -0.690. The van der Waals surface area contributed by atoms with Crippen molar-refractivity contribution in [3.05, 3.63) is 24.3 Å². The lowest BCUT2D eigenvalue weighted by molar-refractivity contribution is -0.944. The van der Waals surface area contributed by atoms with Crippen molar-refractivity contribution in [1.29, 1.82) is 0 Å². The number of para-hydroxylation sites is 1. The molecule has 0 saturated carbocycles. The van der Waals surface area contributed by atoms with Crippen LogP contribution in [0.1, 0.15) is 20.8 Å². The van der Waals surface area contributed by atoms with E-state index in [1.54, 1.807) is 0 Å². The topological polar surface area (TPSA) is 30.7 Å². The molecule has 2 aromatic rings. The van der Waals surface area contributed by atoms with Crippen molar-refractivity contribution in [2.75, 3.05) is 19.6 Å². The van der Waals surface area contributed by atoms with Gasteiger partial charge in [0.05, 0.1) is 25.2 Å². The minimum Gasteiger partial charge on any atom is -1.00 e. The first kappa shape index (κ1) is 15.4. The molecule has 1 aromatic carbocycles. The normalized spacial score (nSPS) is 11.5. The quantitative estimate of drug-likeness (QED) is 0.520. The summed E-state index contributed by atoms with van der Waals surface area (Å²) in [7, 11) is 0. The molecule has 4 nitrogen and oxygen atoms in total. The zero-order chi connectivity index (χ0) is 12.3. The second-order valence-electron chi connectivity index (χ2n) is 4.51. The van der Waals surface area contributed by atoms with Gasteiger partial charge in [-0.25, -0.2) is 0 Å². The Morgan fingerprint density at radius 1 is 1.06 bits per heavy atom. The van der Waals surface area contributed by atoms with Crippen LogP contribution in [0.3, 0.4) is 0 Å². The highest BCUT2D eigenvalue weighted by atomic mass is 127. The Bertz CT molecular complexity index is 482. The van der Waals surface area contributed by atoms with E-state index in [9.17, 15) is 0 Å². The minimum atomic E-state index is 0. The number of nitrogens with zero attached hydrogens (tertiary/aromatic N) is 4. The molecule has 0 radical (unpaired) electrons. The molecule has 0 unspecified atom stereocenters. The van der Waals surface area contributed by atoms with E-state index < -0.39 is 0 Å². The molecule has 18 heavy (non-hydrogen) atoms. The van der Waals surface area contributed by atoms with Gasteiger partial charge in [0.1, 0.15) is 5.52 Å². The van der Waals surface area contributed by atoms with E-state index in [-0.39, 0.29) is 24.0 Å². The first-order valence-electron chi connectivity index (χ1n) is 6.38. The predicted octanol–water partition coefficient (Wildman–Crippen LogP) is -0.731. The first-order valence-corrected chi connectivity index (χ1v) is 6.38. The van der Waals surface area contributed by atoms with Crippen LogP contribution >= 0.6 is 0 Å². The van der Waals surface area contributed by atoms with Crippen LogP contribution in [0.4, 0.5) is 0 Å². The van der Waals surface area contributed by atoms with E-state index in [1.807, 2.05) is 22.9 Å². The molecular weight excluding hydrogens is 339 g/mol. The van der Waals surface area contributed by atoms with Crippen LogP contribution in [0.5, 0.6) is 0 Å². The van der Waals surface area contributed by atoms with Gasteiger partial charge in [-0.1, -0.05) is 17.3 Å². The van der Waals surface area contributed by atoms with Crippen LogP contribution in [0.2, 0.25) is 0 Å². The number of benzene rings is 1. The van der Waals surface area contributed by atoms with Crippen LogP contribution in [-0.4, -0.2) is 39.1 Å². The average molecular weight is 360 g/mol. The lowest BCUT2D eigenvalue weighted by Crippen LogP contribution is -3.00. The number of halogens is 1. The molecule has 100 valence electrons. The molecule has 0 amide bonds. The smallest absolute Gasteiger partial charge is 0.176 e. The van der Waals surface area contributed by atoms with Gasteiger partial charge in [-0.2, -0.15) is 4.68 Å². The highest BCUT2D eigenvalue weighted by Gasteiger charge is 2.22. The van der Waals surface area contributed by atoms with Crippen LogP contribution in [0.15, 0.2) is 24.3 Å². The lowest BCUT2D eigenvalue weighted by Gasteiger charge is -2.35. The summed E-state index contributed by atoms with van der Waals surface area (Å²) < 4.78 is 3.08. The molecule has 0 aliphatic rings. The molecule has 1 aromatic heterocycles. The fourth-order valence-electron chi connectivity index (χ4n) is 2.28. The molecule has 0 atom stereocenters. The molecule has 0 spiro atoms. The predicted molar refractivity (Wildman–Crippen MR) is 69.4 cm³/mol. The van der Waals surface area contributed by atoms with Gasteiger partial charge in [0.25, 0.3) is 0 Å². The maximum Gasteiger partial charge on any atom is 0.176 e. The maximum absolute atomic E-state index is 4.28. The van der Waals surface area contributed by atoms with Crippen molar-refractivity contribution >= 4 is 11.0 Å². The third-order valence-corrected chi connectivity index (χ3v) is 3.87. The highest BCUT2D eigenvalue weighted by molar-refractivity contribution is 5.73. The van der Waals surface area contributed by atoms with Gasteiger partial charge in [0, 0.05) is 0 Å². The summed E-state index contributed by atoms with van der Waals surface area (Å²) in [6, 6.07) is 8.14. The van der Waals surface area contributed by atoms with E-state index in [4.69, 9.17) is 0 Å². The summed E-state index contributed by atoms with van der Waals surface area (Å²) in [5, 5.41) is 8.48. The van der Waals surface area contributed by atoms with Crippen molar-refractivity contribution in [2.24, 2.45) is 0 Å². The Labute approximate surface area is 126 Å². The van der Waals surface area contributed by atoms with Crippen molar-refractivity contribution in [3.8, 4) is 0 Å². The van der Waals surface area contributed by atoms with E-state index in [1.165, 1.54) is 0 Å². The molecule has 5 heteroatoms. The Morgan fingerprint density at radius 3 is 2.28 bits per heavy atom. The molecule has 0 aliphatic heterocycles. The monoisotopic (exact) mass is 360 g/mol. The fourth-order valence-corrected chi connectivity index (χ4v) is 2.28. The molecule has 0 bridgehead atoms. The van der Waals surface area contributed by atoms with Gasteiger partial charge in [0.2, 0.25) is 0 Å². The molecule has 0 saturated heterocycles. The van der Waals surface area contributed by atoms with Crippen molar-refractivity contribution in [2.45, 2.75) is 27.4 Å². The number of rotatable bonds is 5. The Kier molecular flexibility index (Phi) is 5.52. The minimum absolute atomic E-state index is 0. The van der Waals surface area contributed by atoms with Gasteiger partial charge in [-0.3, -0.25) is 0 Å². The molecular formula is C13H21IN4. The summed E-state index contributed by atoms with van der Waals surface area (Å²) in [6.07, 6.45) is 0. The van der Waals surface area contributed by atoms with Crippen LogP contribution in [0.25, 0.3) is 11.0 Å². The second-order valence-corrected chi connectivity index (χ2v) is 4.51. The van der Waals surface area contributed by atoms with Crippen molar-refractivity contribution < 1.29 is 28.5 Å². The van der Waals surface area contributed by atoms with Gasteiger partial charge in [-0.15, -0.1) is 5.10 Å². The zero-order valence-electron chi connectivity index (χ0n) is 11.3. The van der Waals surface area contributed by atoms with Crippen LogP contribution in [-0.2, 0) is 6.67 Å². The fraction of sp³-hybridized carbons (Fsp3) is 0.538. The highest BCUT2D eigenvalue weighted by Crippen LogP contribution is 2.14. The van der Waals surface area contributed by atoms with E-state index in [2.05, 4.69) is 37.1 Å². The lowest BCUT2D eigenvalue weighted by atomic mass is 10.3. The third kappa shape index (κ3) is 2.83. The Morgan fingerprint density at radius 2 is 1.67 bits per heavy atom. The largest absolute Gasteiger partial charge is 1.00 e. The summed E-state index contributed by atoms with van der Waals surface area (Å²) in [6.45, 7) is 11.0. The number of hydrogen-bond donors (Lipinski definition) is 0. The zero-order valence-corrected chi connectivity index (χ0v) is 13.5. The summed E-state index contributed by atoms with van der Waals surface area (Å²) in [5.41, 5.74) is 2.11. The SMILES string of the molecule is CC[N+](CC)(CC)Cn1nnc2ccccc21.[I-]. The second kappa shape index (κ2) is 6.47. The first-order chi connectivity index (χ1) is 8.24. The van der Waals surface area contributed by atoms with Gasteiger partial charge in [0.15, 0.2) is 6.67 Å². The molecule has 1 heterocycles. The molecule has 2 rings (SSSR count). The summed E-state index contributed by atoms with van der Waals surface area (Å²) in [4.78, 5) is 0. The maximum atomic E-state index is 4.28. The molecule has 0 fully saturated rings. The standard InChI is InChI=1S/C13H21N4.HI/c1-4-17(5-2,6-3)11-16-13-10-8-7-9-12(13)14-15-16;/h7-10H,4-6,11H2,1-3H3;1H/q+1;/p-1. The molecule has 0 N–H and O–H groups in total.